The Labute approximate surface area is 205 Å². The van der Waals surface area contributed by atoms with Gasteiger partial charge in [0.2, 0.25) is 5.91 Å². The first-order valence-corrected chi connectivity index (χ1v) is 12.0. The second-order valence-electron chi connectivity index (χ2n) is 8.37. The van der Waals surface area contributed by atoms with Crippen molar-refractivity contribution < 1.29 is 22.8 Å². The number of aryl methyl sites for hydroxylation is 1. The van der Waals surface area contributed by atoms with E-state index >= 15 is 0 Å². The van der Waals surface area contributed by atoms with E-state index in [-0.39, 0.29) is 17.2 Å². The lowest BCUT2D eigenvalue weighted by molar-refractivity contribution is -0.137. The van der Waals surface area contributed by atoms with Crippen molar-refractivity contribution in [3.05, 3.63) is 87.1 Å². The summed E-state index contributed by atoms with van der Waals surface area (Å²) in [7, 11) is 0. The average molecular weight is 498 g/mol. The summed E-state index contributed by atoms with van der Waals surface area (Å²) in [5.74, 6) is -1.41. The van der Waals surface area contributed by atoms with E-state index in [2.05, 4.69) is 16.7 Å². The summed E-state index contributed by atoms with van der Waals surface area (Å²) < 4.78 is 39.7. The van der Waals surface area contributed by atoms with Crippen LogP contribution in [0, 0.1) is 18.3 Å². The van der Waals surface area contributed by atoms with E-state index in [4.69, 9.17) is 0 Å². The number of nitrogens with zero attached hydrogens (tertiary/aromatic N) is 1. The van der Waals surface area contributed by atoms with E-state index in [9.17, 15) is 28.0 Å². The van der Waals surface area contributed by atoms with Crippen LogP contribution in [0.4, 0.5) is 18.9 Å². The van der Waals surface area contributed by atoms with Gasteiger partial charge in [0, 0.05) is 17.7 Å². The quantitative estimate of drug-likeness (QED) is 0.545. The number of hydrogen-bond acceptors (Lipinski definition) is 5. The molecule has 1 amide bonds. The number of anilines is 1. The minimum Gasteiger partial charge on any atom is -0.352 e. The normalized spacial score (nSPS) is 18.0. The molecule has 0 saturated heterocycles. The molecule has 2 aromatic carbocycles. The highest BCUT2D eigenvalue weighted by Crippen LogP contribution is 2.44. The van der Waals surface area contributed by atoms with Crippen LogP contribution in [0.5, 0.6) is 0 Å². The van der Waals surface area contributed by atoms with Crippen molar-refractivity contribution in [1.82, 2.24) is 5.32 Å². The predicted octanol–water partition coefficient (Wildman–Crippen LogP) is 5.81. The number of thioether (sulfide) groups is 1. The van der Waals surface area contributed by atoms with Crippen molar-refractivity contribution >= 4 is 29.1 Å². The molecule has 2 aliphatic rings. The Hall–Kier alpha value is -3.51. The van der Waals surface area contributed by atoms with Gasteiger partial charge in [-0.15, -0.1) is 0 Å². The van der Waals surface area contributed by atoms with Gasteiger partial charge < -0.3 is 10.6 Å². The molecule has 0 radical (unpaired) electrons. The van der Waals surface area contributed by atoms with Gasteiger partial charge in [-0.3, -0.25) is 9.59 Å². The summed E-state index contributed by atoms with van der Waals surface area (Å²) in [5.41, 5.74) is 2.22. The van der Waals surface area contributed by atoms with Gasteiger partial charge in [0.1, 0.15) is 0 Å². The van der Waals surface area contributed by atoms with Crippen LogP contribution in [0.3, 0.4) is 0 Å². The standard InChI is InChI=1S/C26H22F3N3O2S/c1-15-9-11-16(12-10-15)23-17(13-30)25(32-20-7-4-8-21(33)24(20)23)35-14-22(34)31-19-6-3-2-5-18(19)26(27,28)29/h2-3,5-6,9-12,23,32H,4,7-8,14H2,1H3,(H,31,34)/t23-/m1/s1. The molecular formula is C26H22F3N3O2S. The Kier molecular flexibility index (Phi) is 7.03. The van der Waals surface area contributed by atoms with Crippen LogP contribution in [-0.2, 0) is 15.8 Å². The minimum absolute atomic E-state index is 0.0115. The molecule has 180 valence electrons. The molecule has 0 spiro atoms. The molecule has 0 bridgehead atoms. The predicted molar refractivity (Wildman–Crippen MR) is 128 cm³/mol. The fraction of sp³-hybridized carbons (Fsp3) is 0.269. The molecule has 2 aromatic rings. The second-order valence-corrected chi connectivity index (χ2v) is 9.36. The maximum atomic E-state index is 13.2. The summed E-state index contributed by atoms with van der Waals surface area (Å²) in [6.07, 6.45) is -2.88. The lowest BCUT2D eigenvalue weighted by Gasteiger charge is -2.33. The van der Waals surface area contributed by atoms with Gasteiger partial charge >= 0.3 is 6.18 Å². The summed E-state index contributed by atoms with van der Waals surface area (Å²) in [5, 5.41) is 16.0. The zero-order valence-electron chi connectivity index (χ0n) is 18.8. The highest BCUT2D eigenvalue weighted by molar-refractivity contribution is 8.03. The fourth-order valence-electron chi connectivity index (χ4n) is 4.29. The number of halogens is 3. The Bertz CT molecular complexity index is 1270. The summed E-state index contributed by atoms with van der Waals surface area (Å²) in [4.78, 5) is 25.4. The van der Waals surface area contributed by atoms with Crippen molar-refractivity contribution in [2.75, 3.05) is 11.1 Å². The number of nitrogens with one attached hydrogen (secondary N) is 2. The van der Waals surface area contributed by atoms with Crippen LogP contribution in [0.25, 0.3) is 0 Å². The number of ketones is 1. The average Bonchev–Trinajstić information content (AvgIpc) is 2.82. The van der Waals surface area contributed by atoms with Gasteiger partial charge in [-0.05, 0) is 37.5 Å². The molecule has 35 heavy (non-hydrogen) atoms. The van der Waals surface area contributed by atoms with Gasteiger partial charge in [-0.1, -0.05) is 53.7 Å². The molecule has 1 aliphatic carbocycles. The number of alkyl halides is 3. The first-order chi connectivity index (χ1) is 16.7. The summed E-state index contributed by atoms with van der Waals surface area (Å²) in [6, 6.07) is 14.6. The number of allylic oxidation sites excluding steroid dienone is 3. The molecule has 4 rings (SSSR count). The van der Waals surface area contributed by atoms with Crippen molar-refractivity contribution in [1.29, 1.82) is 5.26 Å². The topological polar surface area (TPSA) is 82.0 Å². The Morgan fingerprint density at radius 1 is 1.17 bits per heavy atom. The first-order valence-electron chi connectivity index (χ1n) is 11.0. The van der Waals surface area contributed by atoms with Gasteiger partial charge in [0.15, 0.2) is 5.78 Å². The molecule has 1 aliphatic heterocycles. The Morgan fingerprint density at radius 2 is 1.89 bits per heavy atom. The molecule has 0 aromatic heterocycles. The number of carbonyl (C=O) groups is 2. The molecule has 0 saturated carbocycles. The lowest BCUT2D eigenvalue weighted by atomic mass is 9.77. The van der Waals surface area contributed by atoms with Crippen molar-refractivity contribution in [2.45, 2.75) is 38.3 Å². The SMILES string of the molecule is Cc1ccc([C@@H]2C(C#N)=C(SCC(=O)Nc3ccccc3C(F)(F)F)NC3=C2C(=O)CCC3)cc1. The van der Waals surface area contributed by atoms with Crippen molar-refractivity contribution in [3.63, 3.8) is 0 Å². The van der Waals surface area contributed by atoms with Gasteiger partial charge in [-0.2, -0.15) is 18.4 Å². The summed E-state index contributed by atoms with van der Waals surface area (Å²) >= 11 is 1.04. The van der Waals surface area contributed by atoms with Crippen LogP contribution < -0.4 is 10.6 Å². The third-order valence-electron chi connectivity index (χ3n) is 5.93. The number of hydrogen-bond donors (Lipinski definition) is 2. The zero-order chi connectivity index (χ0) is 25.2. The summed E-state index contributed by atoms with van der Waals surface area (Å²) in [6.45, 7) is 1.94. The largest absolute Gasteiger partial charge is 0.418 e. The molecule has 1 atom stereocenters. The van der Waals surface area contributed by atoms with E-state index in [0.29, 0.717) is 35.4 Å². The molecule has 0 unspecified atom stereocenters. The van der Waals surface area contributed by atoms with E-state index in [1.807, 2.05) is 31.2 Å². The monoisotopic (exact) mass is 497 g/mol. The van der Waals surface area contributed by atoms with Gasteiger partial charge in [0.25, 0.3) is 0 Å². The number of dihydropyridines is 1. The van der Waals surface area contributed by atoms with E-state index < -0.39 is 23.6 Å². The third-order valence-corrected chi connectivity index (χ3v) is 6.95. The smallest absolute Gasteiger partial charge is 0.352 e. The van der Waals surface area contributed by atoms with Crippen LogP contribution in [0.2, 0.25) is 0 Å². The third kappa shape index (κ3) is 5.28. The second kappa shape index (κ2) is 10.0. The molecule has 9 heteroatoms. The number of carbonyl (C=O) groups excluding carboxylic acids is 2. The number of rotatable bonds is 5. The number of amides is 1. The molecular weight excluding hydrogens is 475 g/mol. The zero-order valence-corrected chi connectivity index (χ0v) is 19.6. The maximum Gasteiger partial charge on any atom is 0.418 e. The Balaban J connectivity index is 1.60. The first kappa shape index (κ1) is 24.6. The Morgan fingerprint density at radius 3 is 2.57 bits per heavy atom. The highest BCUT2D eigenvalue weighted by Gasteiger charge is 2.37. The van der Waals surface area contributed by atoms with Crippen molar-refractivity contribution in [2.24, 2.45) is 0 Å². The molecule has 5 nitrogen and oxygen atoms in total. The van der Waals surface area contributed by atoms with Gasteiger partial charge in [0.05, 0.1) is 39.6 Å². The van der Waals surface area contributed by atoms with Crippen LogP contribution in [0.15, 0.2) is 70.4 Å². The van der Waals surface area contributed by atoms with Gasteiger partial charge in [-0.25, -0.2) is 0 Å². The number of nitriles is 1. The fourth-order valence-corrected chi connectivity index (χ4v) is 5.15. The van der Waals surface area contributed by atoms with Crippen LogP contribution in [-0.4, -0.2) is 17.4 Å². The van der Waals surface area contributed by atoms with E-state index in [1.165, 1.54) is 18.2 Å². The lowest BCUT2D eigenvalue weighted by Crippen LogP contribution is -2.31. The van der Waals surface area contributed by atoms with Crippen LogP contribution >= 0.6 is 11.8 Å². The van der Waals surface area contributed by atoms with Crippen LogP contribution in [0.1, 0.15) is 41.9 Å². The maximum absolute atomic E-state index is 13.2. The minimum atomic E-state index is -4.60. The van der Waals surface area contributed by atoms with E-state index in [1.54, 1.807) is 0 Å². The number of para-hydroxylation sites is 1. The number of benzene rings is 2. The highest BCUT2D eigenvalue weighted by atomic mass is 32.2. The van der Waals surface area contributed by atoms with Crippen molar-refractivity contribution in [3.8, 4) is 6.07 Å². The number of Topliss-reactive ketones (excluding diaryl/α,β-unsaturated/α-hetero) is 1. The molecule has 1 heterocycles. The molecule has 2 N–H and O–H groups in total. The molecule has 0 fully saturated rings. The van der Waals surface area contributed by atoms with E-state index in [0.717, 1.165) is 34.7 Å².